The number of nitrogens with zero attached hydrogens (tertiary/aromatic N) is 2. The highest BCUT2D eigenvalue weighted by Gasteiger charge is 2.31. The van der Waals surface area contributed by atoms with E-state index < -0.39 is 0 Å². The van der Waals surface area contributed by atoms with Crippen LogP contribution in [0, 0.1) is 11.7 Å². The molecule has 3 aromatic rings. The van der Waals surface area contributed by atoms with Crippen molar-refractivity contribution in [1.29, 1.82) is 0 Å². The summed E-state index contributed by atoms with van der Waals surface area (Å²) >= 11 is 1.58. The van der Waals surface area contributed by atoms with E-state index in [4.69, 9.17) is 0 Å². The summed E-state index contributed by atoms with van der Waals surface area (Å²) in [5.74, 6) is -0.0176. The topological polar surface area (TPSA) is 45.2 Å². The Labute approximate surface area is 174 Å². The van der Waals surface area contributed by atoms with Crippen molar-refractivity contribution in [2.45, 2.75) is 25.4 Å². The molecule has 1 fully saturated rings. The van der Waals surface area contributed by atoms with Gasteiger partial charge in [0.2, 0.25) is 0 Å². The zero-order valence-corrected chi connectivity index (χ0v) is 16.9. The number of nitrogens with one attached hydrogen (secondary N) is 1. The first-order valence-corrected chi connectivity index (χ1v) is 10.8. The lowest BCUT2D eigenvalue weighted by molar-refractivity contribution is 0.0877. The summed E-state index contributed by atoms with van der Waals surface area (Å²) in [4.78, 5) is 19.7. The van der Waals surface area contributed by atoms with Gasteiger partial charge in [-0.25, -0.2) is 9.37 Å². The molecule has 1 amide bonds. The van der Waals surface area contributed by atoms with Crippen LogP contribution in [0.3, 0.4) is 0 Å². The third-order valence-electron chi connectivity index (χ3n) is 5.35. The van der Waals surface area contributed by atoms with Gasteiger partial charge in [-0.1, -0.05) is 30.3 Å². The number of aromatic nitrogens is 1. The molecule has 1 aliphatic heterocycles. The molecular formula is C23H24FN3OS. The Hall–Kier alpha value is -2.57. The van der Waals surface area contributed by atoms with Crippen molar-refractivity contribution in [3.63, 3.8) is 0 Å². The lowest BCUT2D eigenvalue weighted by Crippen LogP contribution is -2.42. The summed E-state index contributed by atoms with van der Waals surface area (Å²) in [7, 11) is 0. The Bertz CT molecular complexity index is 932. The summed E-state index contributed by atoms with van der Waals surface area (Å²) in [6.45, 7) is 2.53. The van der Waals surface area contributed by atoms with Gasteiger partial charge in [-0.05, 0) is 55.1 Å². The van der Waals surface area contributed by atoms with Crippen molar-refractivity contribution in [3.05, 3.63) is 88.1 Å². The highest BCUT2D eigenvalue weighted by Crippen LogP contribution is 2.32. The maximum Gasteiger partial charge on any atom is 0.251 e. The first-order valence-electron chi connectivity index (χ1n) is 9.91. The maximum absolute atomic E-state index is 13.5. The minimum atomic E-state index is -0.202. The van der Waals surface area contributed by atoms with E-state index in [0.717, 1.165) is 36.5 Å². The van der Waals surface area contributed by atoms with E-state index in [9.17, 15) is 9.18 Å². The smallest absolute Gasteiger partial charge is 0.251 e. The van der Waals surface area contributed by atoms with E-state index in [1.165, 1.54) is 6.07 Å². The fourth-order valence-electron chi connectivity index (χ4n) is 3.98. The second-order valence-corrected chi connectivity index (χ2v) is 8.38. The number of benzene rings is 2. The van der Waals surface area contributed by atoms with Crippen LogP contribution in [0.4, 0.5) is 4.39 Å². The number of piperidine rings is 1. The molecule has 0 aliphatic carbocycles. The number of rotatable bonds is 6. The van der Waals surface area contributed by atoms with Gasteiger partial charge >= 0.3 is 0 Å². The van der Waals surface area contributed by atoms with Crippen LogP contribution >= 0.6 is 11.3 Å². The molecule has 0 spiro atoms. The number of thiazole rings is 1. The summed E-state index contributed by atoms with van der Waals surface area (Å²) < 4.78 is 13.5. The second kappa shape index (κ2) is 9.29. The number of carbonyl (C=O) groups is 1. The van der Waals surface area contributed by atoms with Gasteiger partial charge in [-0.15, -0.1) is 11.3 Å². The predicted molar refractivity (Wildman–Crippen MR) is 113 cm³/mol. The van der Waals surface area contributed by atoms with Crippen LogP contribution in [-0.4, -0.2) is 28.9 Å². The van der Waals surface area contributed by atoms with Crippen molar-refractivity contribution < 1.29 is 9.18 Å². The lowest BCUT2D eigenvalue weighted by atomic mass is 9.90. The first-order chi connectivity index (χ1) is 14.2. The van der Waals surface area contributed by atoms with Gasteiger partial charge in [0, 0.05) is 30.2 Å². The van der Waals surface area contributed by atoms with Crippen molar-refractivity contribution in [3.8, 4) is 0 Å². The van der Waals surface area contributed by atoms with E-state index in [1.54, 1.807) is 29.7 Å². The summed E-state index contributed by atoms with van der Waals surface area (Å²) in [5, 5.41) is 6.11. The highest BCUT2D eigenvalue weighted by atomic mass is 32.1. The van der Waals surface area contributed by atoms with Crippen molar-refractivity contribution in [1.82, 2.24) is 15.2 Å². The number of amides is 1. The lowest BCUT2D eigenvalue weighted by Gasteiger charge is -2.36. The zero-order chi connectivity index (χ0) is 20.1. The molecule has 29 heavy (non-hydrogen) atoms. The average molecular weight is 410 g/mol. The third-order valence-corrected chi connectivity index (χ3v) is 6.21. The number of hydrogen-bond acceptors (Lipinski definition) is 4. The van der Waals surface area contributed by atoms with Crippen molar-refractivity contribution in [2.75, 3.05) is 13.1 Å². The quantitative estimate of drug-likeness (QED) is 0.644. The number of carbonyl (C=O) groups excluding carboxylic acids is 1. The van der Waals surface area contributed by atoms with E-state index >= 15 is 0 Å². The molecule has 0 unspecified atom stereocenters. The van der Waals surface area contributed by atoms with Crippen LogP contribution in [0.25, 0.3) is 0 Å². The Morgan fingerprint density at radius 1 is 1.24 bits per heavy atom. The monoisotopic (exact) mass is 409 g/mol. The summed E-state index contributed by atoms with van der Waals surface area (Å²) in [6.07, 6.45) is 3.86. The molecule has 4 rings (SSSR count). The van der Waals surface area contributed by atoms with Crippen LogP contribution in [0.15, 0.2) is 66.2 Å². The number of likely N-dealkylation sites (tertiary alicyclic amines) is 1. The Morgan fingerprint density at radius 2 is 2.10 bits per heavy atom. The van der Waals surface area contributed by atoms with Crippen LogP contribution < -0.4 is 5.32 Å². The van der Waals surface area contributed by atoms with Gasteiger partial charge in [-0.3, -0.25) is 9.69 Å². The fraction of sp³-hybridized carbons (Fsp3) is 0.304. The number of halogens is 1. The SMILES string of the molecule is O=C(N[C@H](c1nccs1)[C@@H]1CCCN(Cc2cccc(F)c2)C1)c1ccccc1. The maximum atomic E-state index is 13.5. The molecule has 1 aliphatic rings. The normalized spacial score (nSPS) is 18.3. The molecule has 1 N–H and O–H groups in total. The molecule has 1 saturated heterocycles. The molecule has 0 bridgehead atoms. The minimum absolute atomic E-state index is 0.0759. The standard InChI is InChI=1S/C23H24FN3OS/c24-20-10-4-6-17(14-20)15-27-12-5-9-19(16-27)21(23-25-11-13-29-23)26-22(28)18-7-2-1-3-8-18/h1-4,6-8,10-11,13-14,19,21H,5,9,12,15-16H2,(H,26,28)/t19-,21+/m1/s1. The molecule has 0 saturated carbocycles. The molecule has 150 valence electrons. The van der Waals surface area contributed by atoms with Gasteiger partial charge in [0.15, 0.2) is 0 Å². The molecule has 1 aromatic heterocycles. The minimum Gasteiger partial charge on any atom is -0.342 e. The third kappa shape index (κ3) is 5.08. The Balaban J connectivity index is 1.49. The van der Waals surface area contributed by atoms with Crippen molar-refractivity contribution in [2.24, 2.45) is 5.92 Å². The molecule has 2 atom stereocenters. The van der Waals surface area contributed by atoms with Crippen LogP contribution in [0.2, 0.25) is 0 Å². The largest absolute Gasteiger partial charge is 0.342 e. The van der Waals surface area contributed by atoms with E-state index in [1.807, 2.05) is 41.8 Å². The first kappa shape index (κ1) is 19.7. The van der Waals surface area contributed by atoms with Crippen LogP contribution in [-0.2, 0) is 6.54 Å². The van der Waals surface area contributed by atoms with E-state index in [0.29, 0.717) is 12.1 Å². The van der Waals surface area contributed by atoms with Crippen LogP contribution in [0.1, 0.15) is 39.8 Å². The average Bonchev–Trinajstić information content (AvgIpc) is 3.27. The predicted octanol–water partition coefficient (Wildman–Crippen LogP) is 4.67. The van der Waals surface area contributed by atoms with Gasteiger partial charge in [0.25, 0.3) is 5.91 Å². The van der Waals surface area contributed by atoms with Gasteiger partial charge in [-0.2, -0.15) is 0 Å². The Morgan fingerprint density at radius 3 is 2.86 bits per heavy atom. The van der Waals surface area contributed by atoms with E-state index in [-0.39, 0.29) is 23.7 Å². The van der Waals surface area contributed by atoms with Gasteiger partial charge < -0.3 is 5.32 Å². The zero-order valence-electron chi connectivity index (χ0n) is 16.1. The second-order valence-electron chi connectivity index (χ2n) is 7.45. The molecular weight excluding hydrogens is 385 g/mol. The number of hydrogen-bond donors (Lipinski definition) is 1. The highest BCUT2D eigenvalue weighted by molar-refractivity contribution is 7.09. The molecule has 6 heteroatoms. The fourth-order valence-corrected chi connectivity index (χ4v) is 4.76. The Kier molecular flexibility index (Phi) is 6.32. The van der Waals surface area contributed by atoms with Crippen LogP contribution in [0.5, 0.6) is 0 Å². The summed E-state index contributed by atoms with van der Waals surface area (Å²) in [5.41, 5.74) is 1.63. The molecule has 2 aromatic carbocycles. The molecule has 2 heterocycles. The van der Waals surface area contributed by atoms with Gasteiger partial charge in [0.05, 0.1) is 6.04 Å². The van der Waals surface area contributed by atoms with Crippen molar-refractivity contribution >= 4 is 17.2 Å². The molecule has 4 nitrogen and oxygen atoms in total. The van der Waals surface area contributed by atoms with E-state index in [2.05, 4.69) is 15.2 Å². The van der Waals surface area contributed by atoms with Gasteiger partial charge in [0.1, 0.15) is 10.8 Å². The molecule has 0 radical (unpaired) electrons. The summed E-state index contributed by atoms with van der Waals surface area (Å²) in [6, 6.07) is 15.9.